The van der Waals surface area contributed by atoms with E-state index in [1.54, 1.807) is 53.7 Å². The van der Waals surface area contributed by atoms with Crippen LogP contribution in [-0.4, -0.2) is 26.7 Å². The molecule has 0 saturated heterocycles. The van der Waals surface area contributed by atoms with Gasteiger partial charge in [-0.25, -0.2) is 10.5 Å². The number of carbonyl (C=O) groups excluding carboxylic acids is 1. The first-order valence-corrected chi connectivity index (χ1v) is 10.3. The van der Waals surface area contributed by atoms with Gasteiger partial charge in [-0.1, -0.05) is 18.2 Å². The Morgan fingerprint density at radius 1 is 1.12 bits per heavy atom. The number of amidine groups is 1. The zero-order chi connectivity index (χ0) is 24.0. The second kappa shape index (κ2) is 7.99. The van der Waals surface area contributed by atoms with Crippen LogP contribution in [0.4, 0.5) is 24.5 Å². The molecule has 10 heteroatoms. The minimum absolute atomic E-state index is 0.0763. The fourth-order valence-corrected chi connectivity index (χ4v) is 4.07. The average Bonchev–Trinajstić information content (AvgIpc) is 3.39. The summed E-state index contributed by atoms with van der Waals surface area (Å²) in [5, 5.41) is 16.9. The lowest BCUT2D eigenvalue weighted by atomic mass is 9.94. The number of carbonyl (C=O) groups is 1. The van der Waals surface area contributed by atoms with E-state index < -0.39 is 17.6 Å². The normalized spacial score (nSPS) is 13.0. The summed E-state index contributed by atoms with van der Waals surface area (Å²) in [5.41, 5.74) is 3.68. The van der Waals surface area contributed by atoms with Crippen molar-refractivity contribution >= 4 is 34.0 Å². The number of nitrogens with zero attached hydrogens (tertiary/aromatic N) is 3. The van der Waals surface area contributed by atoms with Crippen LogP contribution < -0.4 is 10.8 Å². The number of hydroxylamine groups is 1. The topological polar surface area (TPSA) is 91.5 Å². The first kappa shape index (κ1) is 21.7. The van der Waals surface area contributed by atoms with Crippen molar-refractivity contribution in [2.24, 2.45) is 12.0 Å². The number of alkyl halides is 3. The van der Waals surface area contributed by atoms with Crippen LogP contribution in [0.2, 0.25) is 0 Å². The third-order valence-corrected chi connectivity index (χ3v) is 5.71. The molecule has 0 aliphatic carbocycles. The smallest absolute Gasteiger partial charge is 0.343 e. The summed E-state index contributed by atoms with van der Waals surface area (Å²) in [6, 6.07) is 14.0. The van der Waals surface area contributed by atoms with Crippen molar-refractivity contribution in [3.8, 4) is 11.1 Å². The van der Waals surface area contributed by atoms with Crippen molar-refractivity contribution in [3.63, 3.8) is 0 Å². The van der Waals surface area contributed by atoms with Crippen molar-refractivity contribution in [2.75, 3.05) is 5.32 Å². The summed E-state index contributed by atoms with van der Waals surface area (Å²) in [6.07, 6.45) is -2.61. The number of hydrogen-bond acceptors (Lipinski definition) is 5. The molecule has 172 valence electrons. The number of nitrogens with one attached hydrogen (secondary N) is 2. The third kappa shape index (κ3) is 3.88. The van der Waals surface area contributed by atoms with Gasteiger partial charge in [-0.05, 0) is 53.1 Å². The van der Waals surface area contributed by atoms with Crippen LogP contribution in [0.15, 0.2) is 65.8 Å². The summed E-state index contributed by atoms with van der Waals surface area (Å²) in [6.45, 7) is 0. The number of aromatic nitrogens is 2. The van der Waals surface area contributed by atoms with Gasteiger partial charge >= 0.3 is 6.18 Å². The first-order chi connectivity index (χ1) is 16.2. The Balaban J connectivity index is 1.51. The quantitative estimate of drug-likeness (QED) is 0.291. The highest BCUT2D eigenvalue weighted by Gasteiger charge is 2.35. The van der Waals surface area contributed by atoms with E-state index in [-0.39, 0.29) is 16.8 Å². The van der Waals surface area contributed by atoms with Crippen molar-refractivity contribution in [3.05, 3.63) is 77.5 Å². The van der Waals surface area contributed by atoms with E-state index in [9.17, 15) is 18.0 Å². The van der Waals surface area contributed by atoms with Gasteiger partial charge in [-0.15, -0.1) is 0 Å². The molecule has 0 unspecified atom stereocenters. The van der Waals surface area contributed by atoms with E-state index in [0.717, 1.165) is 17.0 Å². The predicted octanol–water partition coefficient (Wildman–Crippen LogP) is 5.08. The number of fused-ring (bicyclic) bond motifs is 2. The highest BCUT2D eigenvalue weighted by molar-refractivity contribution is 6.03. The van der Waals surface area contributed by atoms with E-state index in [1.165, 1.54) is 18.2 Å². The van der Waals surface area contributed by atoms with E-state index >= 15 is 0 Å². The molecule has 34 heavy (non-hydrogen) atoms. The number of benzene rings is 3. The SMILES string of the molecule is Cn1ncc2ccc(-c3cc4c(cc3C(F)(F)F)N=C(Nc3cccc(C(=O)NO)c3)C4)cc21. The second-order valence-corrected chi connectivity index (χ2v) is 7.95. The fraction of sp³-hybridized carbons (Fsp3) is 0.125. The van der Waals surface area contributed by atoms with Crippen LogP contribution in [0, 0.1) is 0 Å². The monoisotopic (exact) mass is 465 g/mol. The Hall–Kier alpha value is -4.18. The van der Waals surface area contributed by atoms with Crippen LogP contribution in [0.3, 0.4) is 0 Å². The largest absolute Gasteiger partial charge is 0.417 e. The van der Waals surface area contributed by atoms with E-state index in [4.69, 9.17) is 5.21 Å². The van der Waals surface area contributed by atoms with Gasteiger partial charge in [0.05, 0.1) is 23.0 Å². The summed E-state index contributed by atoms with van der Waals surface area (Å²) in [4.78, 5) is 16.0. The zero-order valence-electron chi connectivity index (χ0n) is 17.8. The minimum atomic E-state index is -4.57. The number of amides is 1. The molecule has 1 amide bonds. The maximum absolute atomic E-state index is 14.0. The standard InChI is InChI=1S/C24H18F3N5O2/c1-32-21-9-13(5-6-15(21)12-28-32)18-8-16-10-22(30-20(16)11-19(18)24(25,26)27)29-17-4-2-3-14(7-17)23(33)31-34/h2-9,11-12,34H,10H2,1H3,(H,29,30)(H,31,33). The lowest BCUT2D eigenvalue weighted by molar-refractivity contribution is -0.137. The number of rotatable bonds is 3. The molecule has 0 atom stereocenters. The average molecular weight is 465 g/mol. The highest BCUT2D eigenvalue weighted by atomic mass is 19.4. The van der Waals surface area contributed by atoms with Crippen LogP contribution in [0.1, 0.15) is 21.5 Å². The summed E-state index contributed by atoms with van der Waals surface area (Å²) in [7, 11) is 1.74. The summed E-state index contributed by atoms with van der Waals surface area (Å²) in [5.74, 6) is -0.228. The van der Waals surface area contributed by atoms with Crippen molar-refractivity contribution in [1.82, 2.24) is 15.3 Å². The molecule has 0 radical (unpaired) electrons. The van der Waals surface area contributed by atoms with Gasteiger partial charge in [-0.3, -0.25) is 14.7 Å². The molecule has 4 aromatic rings. The highest BCUT2D eigenvalue weighted by Crippen LogP contribution is 2.43. The van der Waals surface area contributed by atoms with Gasteiger partial charge < -0.3 is 5.32 Å². The number of hydrogen-bond donors (Lipinski definition) is 3. The minimum Gasteiger partial charge on any atom is -0.343 e. The molecule has 7 nitrogen and oxygen atoms in total. The van der Waals surface area contributed by atoms with E-state index in [0.29, 0.717) is 29.1 Å². The predicted molar refractivity (Wildman–Crippen MR) is 121 cm³/mol. The van der Waals surface area contributed by atoms with E-state index in [1.807, 2.05) is 0 Å². The molecule has 1 aliphatic heterocycles. The van der Waals surface area contributed by atoms with Gasteiger partial charge in [0, 0.05) is 30.1 Å². The van der Waals surface area contributed by atoms with Crippen molar-refractivity contribution < 1.29 is 23.2 Å². The third-order valence-electron chi connectivity index (χ3n) is 5.71. The fourth-order valence-electron chi connectivity index (χ4n) is 4.07. The Kier molecular flexibility index (Phi) is 5.09. The first-order valence-electron chi connectivity index (χ1n) is 10.3. The van der Waals surface area contributed by atoms with Crippen LogP contribution in [0.25, 0.3) is 22.0 Å². The molecule has 0 fully saturated rings. The second-order valence-electron chi connectivity index (χ2n) is 7.95. The molecule has 0 bridgehead atoms. The summed E-state index contributed by atoms with van der Waals surface area (Å²) >= 11 is 0. The summed E-state index contributed by atoms with van der Waals surface area (Å²) < 4.78 is 43.6. The molecular weight excluding hydrogens is 447 g/mol. The Labute approximate surface area is 191 Å². The van der Waals surface area contributed by atoms with Gasteiger partial charge in [0.25, 0.3) is 5.91 Å². The molecule has 3 N–H and O–H groups in total. The maximum atomic E-state index is 14.0. The number of halogens is 3. The zero-order valence-corrected chi connectivity index (χ0v) is 17.8. The van der Waals surface area contributed by atoms with Gasteiger partial charge in [0.2, 0.25) is 0 Å². The number of aliphatic imine (C=N–C) groups is 1. The molecule has 0 spiro atoms. The lowest BCUT2D eigenvalue weighted by Gasteiger charge is -2.15. The maximum Gasteiger partial charge on any atom is 0.417 e. The van der Waals surface area contributed by atoms with Gasteiger partial charge in [0.15, 0.2) is 0 Å². The Bertz CT molecular complexity index is 1470. The Morgan fingerprint density at radius 3 is 2.71 bits per heavy atom. The molecule has 1 aliphatic rings. The van der Waals surface area contributed by atoms with Crippen LogP contribution >= 0.6 is 0 Å². The van der Waals surface area contributed by atoms with Gasteiger partial charge in [-0.2, -0.15) is 18.3 Å². The van der Waals surface area contributed by atoms with E-state index in [2.05, 4.69) is 15.4 Å². The molecule has 2 heterocycles. The number of aryl methyl sites for hydroxylation is 1. The molecule has 0 saturated carbocycles. The van der Waals surface area contributed by atoms with Crippen molar-refractivity contribution in [1.29, 1.82) is 0 Å². The Morgan fingerprint density at radius 2 is 1.94 bits per heavy atom. The molecule has 5 rings (SSSR count). The molecular formula is C24H18F3N5O2. The molecule has 3 aromatic carbocycles. The lowest BCUT2D eigenvalue weighted by Crippen LogP contribution is -2.19. The van der Waals surface area contributed by atoms with Gasteiger partial charge in [0.1, 0.15) is 5.84 Å². The van der Waals surface area contributed by atoms with Crippen LogP contribution in [-0.2, 0) is 19.6 Å². The van der Waals surface area contributed by atoms with Crippen LogP contribution in [0.5, 0.6) is 0 Å². The number of anilines is 1. The van der Waals surface area contributed by atoms with Crippen molar-refractivity contribution in [2.45, 2.75) is 12.6 Å². The molecule has 1 aromatic heterocycles.